The Hall–Kier alpha value is -1.58. The van der Waals surface area contributed by atoms with E-state index >= 15 is 0 Å². The second-order valence-electron chi connectivity index (χ2n) is 11.4. The maximum Gasteiger partial charge on any atom is 0.307 e. The zero-order valence-corrected chi connectivity index (χ0v) is 25.9. The largest absolute Gasteiger partial charge is 0.481 e. The average molecular weight is 549 g/mol. The van der Waals surface area contributed by atoms with Crippen molar-refractivity contribution in [2.24, 2.45) is 0 Å². The van der Waals surface area contributed by atoms with E-state index in [9.17, 15) is 14.7 Å². The van der Waals surface area contributed by atoms with Gasteiger partial charge >= 0.3 is 11.9 Å². The Morgan fingerprint density at radius 3 is 1.56 bits per heavy atom. The normalized spacial score (nSPS) is 12.5. The molecule has 4 nitrogen and oxygen atoms in total. The standard InChI is InChI=1S/C35H64O4/c1-3-5-7-9-11-13-15-16-17-18-19-20-21-23-25-27-29-31-35(38)39-33(32-34(36)37)30-28-26-24-22-14-12-10-8-6-4-2/h11,13,16-17,33H,3-10,12,14-15,18-32H2,1-2H3,(H,36,37)/b13-11-,17-16-. The number of carbonyl (C=O) groups is 2. The van der Waals surface area contributed by atoms with Crippen LogP contribution in [0.15, 0.2) is 24.3 Å². The highest BCUT2D eigenvalue weighted by molar-refractivity contribution is 5.71. The molecule has 0 aliphatic heterocycles. The monoisotopic (exact) mass is 548 g/mol. The number of hydrogen-bond donors (Lipinski definition) is 1. The van der Waals surface area contributed by atoms with Crippen LogP contribution in [0.3, 0.4) is 0 Å². The molecule has 0 saturated heterocycles. The summed E-state index contributed by atoms with van der Waals surface area (Å²) in [4.78, 5) is 23.5. The van der Waals surface area contributed by atoms with Gasteiger partial charge in [0.1, 0.15) is 6.10 Å². The van der Waals surface area contributed by atoms with E-state index in [-0.39, 0.29) is 12.4 Å². The van der Waals surface area contributed by atoms with Crippen LogP contribution < -0.4 is 0 Å². The fourth-order valence-corrected chi connectivity index (χ4v) is 4.94. The number of aliphatic carboxylic acids is 1. The third-order valence-corrected chi connectivity index (χ3v) is 7.41. The van der Waals surface area contributed by atoms with Crippen molar-refractivity contribution in [2.45, 2.75) is 187 Å². The molecular formula is C35H64O4. The zero-order valence-electron chi connectivity index (χ0n) is 25.9. The van der Waals surface area contributed by atoms with Gasteiger partial charge in [-0.2, -0.15) is 0 Å². The quantitative estimate of drug-likeness (QED) is 0.0550. The van der Waals surface area contributed by atoms with Crippen molar-refractivity contribution >= 4 is 11.9 Å². The lowest BCUT2D eigenvalue weighted by Gasteiger charge is -2.16. The molecule has 0 rings (SSSR count). The Balaban J connectivity index is 3.68. The minimum atomic E-state index is -0.884. The topological polar surface area (TPSA) is 63.6 Å². The van der Waals surface area contributed by atoms with Crippen LogP contribution in [0.1, 0.15) is 181 Å². The Morgan fingerprint density at radius 2 is 1.03 bits per heavy atom. The number of allylic oxidation sites excluding steroid dienone is 4. The van der Waals surface area contributed by atoms with Gasteiger partial charge < -0.3 is 9.84 Å². The molecule has 0 aromatic carbocycles. The minimum Gasteiger partial charge on any atom is -0.481 e. The number of carboxylic acid groups (broad SMARTS) is 1. The molecule has 0 spiro atoms. The van der Waals surface area contributed by atoms with Crippen molar-refractivity contribution in [1.29, 1.82) is 0 Å². The Kier molecular flexibility index (Phi) is 29.7. The fraction of sp³-hybridized carbons (Fsp3) is 0.829. The highest BCUT2D eigenvalue weighted by atomic mass is 16.5. The summed E-state index contributed by atoms with van der Waals surface area (Å²) in [5.41, 5.74) is 0. The smallest absolute Gasteiger partial charge is 0.307 e. The molecule has 0 heterocycles. The van der Waals surface area contributed by atoms with Crippen LogP contribution in [0.5, 0.6) is 0 Å². The molecule has 0 radical (unpaired) electrons. The van der Waals surface area contributed by atoms with Crippen molar-refractivity contribution in [3.63, 3.8) is 0 Å². The first-order chi connectivity index (χ1) is 19.1. The van der Waals surface area contributed by atoms with E-state index in [0.29, 0.717) is 12.8 Å². The number of esters is 1. The Morgan fingerprint density at radius 1 is 0.590 bits per heavy atom. The SMILES string of the molecule is CCCCC/C=C\C/C=C\CCCCCCCCCC(=O)OC(CCCCCCCCCCCC)CC(=O)O. The van der Waals surface area contributed by atoms with Crippen LogP contribution in [-0.2, 0) is 14.3 Å². The number of unbranched alkanes of at least 4 members (excludes halogenated alkanes) is 19. The van der Waals surface area contributed by atoms with Gasteiger partial charge in [0.05, 0.1) is 6.42 Å². The number of carbonyl (C=O) groups excluding carboxylic acids is 1. The molecule has 0 aromatic rings. The summed E-state index contributed by atoms with van der Waals surface area (Å²) in [6, 6.07) is 0. The van der Waals surface area contributed by atoms with Crippen molar-refractivity contribution < 1.29 is 19.4 Å². The third kappa shape index (κ3) is 30.8. The molecule has 0 saturated carbocycles. The summed E-state index contributed by atoms with van der Waals surface area (Å²) < 4.78 is 5.54. The molecule has 0 aromatic heterocycles. The number of ether oxygens (including phenoxy) is 1. The van der Waals surface area contributed by atoms with Crippen LogP contribution >= 0.6 is 0 Å². The van der Waals surface area contributed by atoms with Crippen molar-refractivity contribution in [1.82, 2.24) is 0 Å². The van der Waals surface area contributed by atoms with Crippen molar-refractivity contribution in [2.75, 3.05) is 0 Å². The summed E-state index contributed by atoms with van der Waals surface area (Å²) in [6.45, 7) is 4.49. The maximum atomic E-state index is 12.3. The van der Waals surface area contributed by atoms with E-state index < -0.39 is 12.1 Å². The average Bonchev–Trinajstić information content (AvgIpc) is 2.91. The molecule has 4 heteroatoms. The van der Waals surface area contributed by atoms with E-state index in [1.165, 1.54) is 109 Å². The number of rotatable bonds is 30. The predicted molar refractivity (Wildman–Crippen MR) is 167 cm³/mol. The second kappa shape index (κ2) is 31.0. The van der Waals surface area contributed by atoms with E-state index in [2.05, 4.69) is 38.2 Å². The highest BCUT2D eigenvalue weighted by Crippen LogP contribution is 2.16. The van der Waals surface area contributed by atoms with E-state index in [0.717, 1.165) is 38.5 Å². The lowest BCUT2D eigenvalue weighted by atomic mass is 10.0. The summed E-state index contributed by atoms with van der Waals surface area (Å²) in [7, 11) is 0. The molecule has 1 N–H and O–H groups in total. The fourth-order valence-electron chi connectivity index (χ4n) is 4.94. The van der Waals surface area contributed by atoms with Crippen LogP contribution in [0, 0.1) is 0 Å². The van der Waals surface area contributed by atoms with Gasteiger partial charge in [-0.1, -0.05) is 141 Å². The van der Waals surface area contributed by atoms with Gasteiger partial charge in [-0.15, -0.1) is 0 Å². The Labute approximate surface area is 242 Å². The molecule has 0 aliphatic rings. The number of hydrogen-bond acceptors (Lipinski definition) is 3. The molecule has 39 heavy (non-hydrogen) atoms. The predicted octanol–water partition coefficient (Wildman–Crippen LogP) is 11.3. The van der Waals surface area contributed by atoms with Crippen LogP contribution in [0.25, 0.3) is 0 Å². The summed E-state index contributed by atoms with van der Waals surface area (Å²) in [5, 5.41) is 9.19. The molecule has 0 aliphatic carbocycles. The molecule has 228 valence electrons. The Bertz CT molecular complexity index is 595. The van der Waals surface area contributed by atoms with E-state index in [4.69, 9.17) is 4.74 Å². The molecule has 0 amide bonds. The van der Waals surface area contributed by atoms with E-state index in [1.807, 2.05) is 0 Å². The van der Waals surface area contributed by atoms with Gasteiger partial charge in [-0.25, -0.2) is 0 Å². The van der Waals surface area contributed by atoms with Gasteiger partial charge in [-0.05, 0) is 51.4 Å². The third-order valence-electron chi connectivity index (χ3n) is 7.41. The minimum absolute atomic E-state index is 0.0753. The van der Waals surface area contributed by atoms with Gasteiger partial charge in [0.15, 0.2) is 0 Å². The molecule has 0 fully saturated rings. The summed E-state index contributed by atoms with van der Waals surface area (Å²) in [5.74, 6) is -1.11. The molecule has 0 bridgehead atoms. The van der Waals surface area contributed by atoms with Crippen molar-refractivity contribution in [3.05, 3.63) is 24.3 Å². The molecule has 1 unspecified atom stereocenters. The first-order valence-electron chi connectivity index (χ1n) is 16.8. The van der Waals surface area contributed by atoms with Gasteiger partial charge in [0, 0.05) is 6.42 Å². The lowest BCUT2D eigenvalue weighted by molar-refractivity contribution is -0.153. The first-order valence-corrected chi connectivity index (χ1v) is 16.8. The zero-order chi connectivity index (χ0) is 28.7. The van der Waals surface area contributed by atoms with Gasteiger partial charge in [-0.3, -0.25) is 9.59 Å². The van der Waals surface area contributed by atoms with Gasteiger partial charge in [0.2, 0.25) is 0 Å². The first kappa shape index (κ1) is 37.4. The van der Waals surface area contributed by atoms with Crippen molar-refractivity contribution in [3.8, 4) is 0 Å². The number of carboxylic acids is 1. The van der Waals surface area contributed by atoms with Gasteiger partial charge in [0.25, 0.3) is 0 Å². The maximum absolute atomic E-state index is 12.3. The summed E-state index contributed by atoms with van der Waals surface area (Å²) >= 11 is 0. The van der Waals surface area contributed by atoms with Crippen LogP contribution in [-0.4, -0.2) is 23.1 Å². The molecular weight excluding hydrogens is 484 g/mol. The lowest BCUT2D eigenvalue weighted by Crippen LogP contribution is -2.21. The van der Waals surface area contributed by atoms with E-state index in [1.54, 1.807) is 0 Å². The second-order valence-corrected chi connectivity index (χ2v) is 11.4. The van der Waals surface area contributed by atoms with Crippen LogP contribution in [0.4, 0.5) is 0 Å². The van der Waals surface area contributed by atoms with Crippen LogP contribution in [0.2, 0.25) is 0 Å². The highest BCUT2D eigenvalue weighted by Gasteiger charge is 2.17. The molecule has 1 atom stereocenters. The summed E-state index contributed by atoms with van der Waals surface area (Å²) in [6.07, 6.45) is 37.6.